The zero-order valence-electron chi connectivity index (χ0n) is 13.7. The van der Waals surface area contributed by atoms with Gasteiger partial charge in [-0.3, -0.25) is 4.90 Å². The maximum atomic E-state index is 12.9. The molecule has 1 fully saturated rings. The van der Waals surface area contributed by atoms with E-state index in [2.05, 4.69) is 21.8 Å². The first-order valence-electron chi connectivity index (χ1n) is 7.52. The van der Waals surface area contributed by atoms with Gasteiger partial charge in [-0.2, -0.15) is 0 Å². The highest BCUT2D eigenvalue weighted by molar-refractivity contribution is 5.93. The van der Waals surface area contributed by atoms with Crippen molar-refractivity contribution in [2.75, 3.05) is 18.5 Å². The average molecular weight is 324 g/mol. The number of urea groups is 1. The van der Waals surface area contributed by atoms with E-state index in [1.807, 2.05) is 13.8 Å². The molecule has 3 rings (SSSR count). The molecule has 0 radical (unpaired) electrons. The molecule has 6 heteroatoms. The van der Waals surface area contributed by atoms with Gasteiger partial charge in [0.05, 0.1) is 17.6 Å². The highest BCUT2D eigenvalue weighted by Crippen LogP contribution is 2.26. The van der Waals surface area contributed by atoms with Gasteiger partial charge >= 0.3 is 6.03 Å². The number of likely N-dealkylation sites (N-methyl/N-ethyl adjacent to an activating group) is 1. The molecule has 1 saturated heterocycles. The van der Waals surface area contributed by atoms with Crippen LogP contribution in [0.15, 0.2) is 36.7 Å². The van der Waals surface area contributed by atoms with Gasteiger partial charge in [0.15, 0.2) is 0 Å². The third-order valence-corrected chi connectivity index (χ3v) is 4.05. The largest absolute Gasteiger partial charge is 0.327 e. The molecule has 1 aliphatic heterocycles. The standard InChI is InChI=1S/C18H17FN4O/c1-18(2)12-23(17(24)22(18)3)16-20-10-14(11-21-16)5-4-13-6-8-15(19)9-7-13/h6-11H,12H2,1-3H3. The summed E-state index contributed by atoms with van der Waals surface area (Å²) in [4.78, 5) is 24.0. The molecule has 0 atom stereocenters. The maximum absolute atomic E-state index is 12.9. The Balaban J connectivity index is 1.77. The first-order chi connectivity index (χ1) is 11.4. The smallest absolute Gasteiger partial charge is 0.320 e. The molecule has 1 aromatic heterocycles. The van der Waals surface area contributed by atoms with Crippen molar-refractivity contribution >= 4 is 12.0 Å². The Labute approximate surface area is 140 Å². The predicted octanol–water partition coefficient (Wildman–Crippen LogP) is 2.67. The summed E-state index contributed by atoms with van der Waals surface area (Å²) >= 11 is 0. The van der Waals surface area contributed by atoms with E-state index < -0.39 is 0 Å². The molecular formula is C18H17FN4O. The Morgan fingerprint density at radius 3 is 2.21 bits per heavy atom. The number of nitrogens with zero attached hydrogens (tertiary/aromatic N) is 4. The van der Waals surface area contributed by atoms with Crippen molar-refractivity contribution in [3.8, 4) is 11.8 Å². The quantitative estimate of drug-likeness (QED) is 0.758. The molecule has 0 bridgehead atoms. The van der Waals surface area contributed by atoms with Crippen LogP contribution >= 0.6 is 0 Å². The molecule has 0 aliphatic carbocycles. The number of hydrogen-bond acceptors (Lipinski definition) is 3. The van der Waals surface area contributed by atoms with Crippen LogP contribution in [-0.2, 0) is 0 Å². The summed E-state index contributed by atoms with van der Waals surface area (Å²) < 4.78 is 12.9. The first-order valence-corrected chi connectivity index (χ1v) is 7.52. The van der Waals surface area contributed by atoms with Crippen LogP contribution in [0.1, 0.15) is 25.0 Å². The third-order valence-electron chi connectivity index (χ3n) is 4.05. The Morgan fingerprint density at radius 2 is 1.67 bits per heavy atom. The fourth-order valence-electron chi connectivity index (χ4n) is 2.36. The number of halogens is 1. The Kier molecular flexibility index (Phi) is 3.94. The molecular weight excluding hydrogens is 307 g/mol. The second kappa shape index (κ2) is 5.93. The van der Waals surface area contributed by atoms with Crippen LogP contribution in [0, 0.1) is 17.7 Å². The zero-order valence-corrected chi connectivity index (χ0v) is 13.7. The van der Waals surface area contributed by atoms with Gasteiger partial charge < -0.3 is 4.90 Å². The molecule has 2 amide bonds. The molecule has 0 N–H and O–H groups in total. The van der Waals surface area contributed by atoms with Crippen LogP contribution in [0.25, 0.3) is 0 Å². The van der Waals surface area contributed by atoms with E-state index in [0.29, 0.717) is 23.6 Å². The van der Waals surface area contributed by atoms with Gasteiger partial charge in [-0.1, -0.05) is 11.8 Å². The molecule has 1 aliphatic rings. The number of aromatic nitrogens is 2. The SMILES string of the molecule is CN1C(=O)N(c2ncc(C#Cc3ccc(F)cc3)cn2)CC1(C)C. The molecule has 0 unspecified atom stereocenters. The van der Waals surface area contributed by atoms with E-state index in [0.717, 1.165) is 0 Å². The first kappa shape index (κ1) is 15.9. The fraction of sp³-hybridized carbons (Fsp3) is 0.278. The second-order valence-electron chi connectivity index (χ2n) is 6.27. The van der Waals surface area contributed by atoms with E-state index in [4.69, 9.17) is 0 Å². The molecule has 0 spiro atoms. The van der Waals surface area contributed by atoms with Crippen LogP contribution < -0.4 is 4.90 Å². The fourth-order valence-corrected chi connectivity index (χ4v) is 2.36. The number of amides is 2. The maximum Gasteiger partial charge on any atom is 0.327 e. The van der Waals surface area contributed by atoms with E-state index in [9.17, 15) is 9.18 Å². The van der Waals surface area contributed by atoms with E-state index in [-0.39, 0.29) is 17.4 Å². The highest BCUT2D eigenvalue weighted by atomic mass is 19.1. The van der Waals surface area contributed by atoms with E-state index in [1.165, 1.54) is 12.1 Å². The summed E-state index contributed by atoms with van der Waals surface area (Å²) in [7, 11) is 1.77. The Bertz CT molecular complexity index is 819. The summed E-state index contributed by atoms with van der Waals surface area (Å²) in [5, 5.41) is 0. The summed E-state index contributed by atoms with van der Waals surface area (Å²) in [5.41, 5.74) is 1.07. The van der Waals surface area contributed by atoms with Crippen LogP contribution in [-0.4, -0.2) is 40.0 Å². The molecule has 24 heavy (non-hydrogen) atoms. The monoisotopic (exact) mass is 324 g/mol. The van der Waals surface area contributed by atoms with Crippen LogP contribution in [0.4, 0.5) is 15.1 Å². The predicted molar refractivity (Wildman–Crippen MR) is 89.0 cm³/mol. The lowest BCUT2D eigenvalue weighted by Crippen LogP contribution is -2.38. The van der Waals surface area contributed by atoms with Crippen molar-refractivity contribution < 1.29 is 9.18 Å². The molecule has 0 saturated carbocycles. The number of carbonyl (C=O) groups is 1. The Morgan fingerprint density at radius 1 is 1.08 bits per heavy atom. The van der Waals surface area contributed by atoms with Gasteiger partial charge in [-0.25, -0.2) is 19.2 Å². The summed E-state index contributed by atoms with van der Waals surface area (Å²) in [5.74, 6) is 5.91. The van der Waals surface area contributed by atoms with Gasteiger partial charge in [0, 0.05) is 25.0 Å². The van der Waals surface area contributed by atoms with Crippen LogP contribution in [0.3, 0.4) is 0 Å². The Hall–Kier alpha value is -2.94. The average Bonchev–Trinajstić information content (AvgIpc) is 2.78. The molecule has 2 aromatic rings. The molecule has 2 heterocycles. The highest BCUT2D eigenvalue weighted by Gasteiger charge is 2.42. The van der Waals surface area contributed by atoms with Gasteiger partial charge in [-0.05, 0) is 38.1 Å². The topological polar surface area (TPSA) is 49.3 Å². The molecule has 1 aromatic carbocycles. The van der Waals surface area contributed by atoms with Crippen molar-refractivity contribution in [3.05, 3.63) is 53.6 Å². The summed E-state index contributed by atoms with van der Waals surface area (Å²) in [6.45, 7) is 4.52. The summed E-state index contributed by atoms with van der Waals surface area (Å²) in [6.07, 6.45) is 3.16. The lowest BCUT2D eigenvalue weighted by atomic mass is 10.1. The number of carbonyl (C=O) groups excluding carboxylic acids is 1. The number of anilines is 1. The number of hydrogen-bond donors (Lipinski definition) is 0. The van der Waals surface area contributed by atoms with Crippen molar-refractivity contribution in [1.82, 2.24) is 14.9 Å². The van der Waals surface area contributed by atoms with Gasteiger partial charge in [0.1, 0.15) is 5.82 Å². The number of rotatable bonds is 1. The second-order valence-corrected chi connectivity index (χ2v) is 6.27. The zero-order chi connectivity index (χ0) is 17.3. The van der Waals surface area contributed by atoms with Crippen molar-refractivity contribution in [1.29, 1.82) is 0 Å². The minimum Gasteiger partial charge on any atom is -0.320 e. The van der Waals surface area contributed by atoms with Crippen LogP contribution in [0.5, 0.6) is 0 Å². The normalized spacial score (nSPS) is 16.1. The minimum absolute atomic E-state index is 0.120. The van der Waals surface area contributed by atoms with Gasteiger partial charge in [-0.15, -0.1) is 0 Å². The molecule has 5 nitrogen and oxygen atoms in total. The lowest BCUT2D eigenvalue weighted by Gasteiger charge is -2.24. The van der Waals surface area contributed by atoms with E-state index >= 15 is 0 Å². The van der Waals surface area contributed by atoms with Crippen molar-refractivity contribution in [2.24, 2.45) is 0 Å². The van der Waals surface area contributed by atoms with Crippen molar-refractivity contribution in [2.45, 2.75) is 19.4 Å². The van der Waals surface area contributed by atoms with Gasteiger partial charge in [0.2, 0.25) is 5.95 Å². The van der Waals surface area contributed by atoms with E-state index in [1.54, 1.807) is 41.4 Å². The lowest BCUT2D eigenvalue weighted by molar-refractivity contribution is 0.198. The third kappa shape index (κ3) is 3.06. The number of benzene rings is 1. The molecule has 122 valence electrons. The van der Waals surface area contributed by atoms with Crippen LogP contribution in [0.2, 0.25) is 0 Å². The van der Waals surface area contributed by atoms with Gasteiger partial charge in [0.25, 0.3) is 0 Å². The van der Waals surface area contributed by atoms with Crippen molar-refractivity contribution in [3.63, 3.8) is 0 Å². The minimum atomic E-state index is -0.295. The summed E-state index contributed by atoms with van der Waals surface area (Å²) in [6, 6.07) is 5.82.